The zero-order chi connectivity index (χ0) is 18.5. The van der Waals surface area contributed by atoms with Crippen molar-refractivity contribution in [2.24, 2.45) is 5.92 Å². The summed E-state index contributed by atoms with van der Waals surface area (Å²) in [7, 11) is 3.97. The van der Waals surface area contributed by atoms with Crippen LogP contribution in [0.2, 0.25) is 0 Å². The topological polar surface area (TPSA) is 58.6 Å². The van der Waals surface area contributed by atoms with Gasteiger partial charge < -0.3 is 14.5 Å². The minimum Gasteiger partial charge on any atom is -0.463 e. The number of aromatic nitrogens is 2. The van der Waals surface area contributed by atoms with Crippen LogP contribution in [0.4, 0.5) is 5.69 Å². The lowest BCUT2D eigenvalue weighted by atomic mass is 9.98. The van der Waals surface area contributed by atoms with Gasteiger partial charge in [-0.3, -0.25) is 4.79 Å². The highest BCUT2D eigenvalue weighted by atomic mass is 79.9. The van der Waals surface area contributed by atoms with Gasteiger partial charge in [-0.2, -0.15) is 0 Å². The molecule has 0 bridgehead atoms. The molecule has 0 N–H and O–H groups in total. The highest BCUT2D eigenvalue weighted by Crippen LogP contribution is 2.21. The van der Waals surface area contributed by atoms with Crippen LogP contribution in [0.15, 0.2) is 41.1 Å². The van der Waals surface area contributed by atoms with Crippen molar-refractivity contribution >= 4 is 27.5 Å². The average molecular weight is 419 g/mol. The second kappa shape index (κ2) is 8.49. The van der Waals surface area contributed by atoms with Crippen molar-refractivity contribution in [2.45, 2.75) is 12.8 Å². The number of likely N-dealkylation sites (tertiary alicyclic amines) is 1. The van der Waals surface area contributed by atoms with Gasteiger partial charge in [0.2, 0.25) is 0 Å². The molecule has 1 unspecified atom stereocenters. The van der Waals surface area contributed by atoms with Gasteiger partial charge in [-0.1, -0.05) is 0 Å². The molecule has 138 valence electrons. The standard InChI is InChI=1S/C19H23BrN4O2/c1-23(2)17-7-5-15(6-8-17)18(25)24-9-3-4-14(12-24)13-26-19-21-10-16(20)11-22-19/h5-8,10-11,14H,3-4,9,12-13H2,1-2H3. The average Bonchev–Trinajstić information content (AvgIpc) is 2.67. The van der Waals surface area contributed by atoms with E-state index in [0.717, 1.165) is 35.1 Å². The third-order valence-electron chi connectivity index (χ3n) is 4.48. The second-order valence-corrected chi connectivity index (χ2v) is 7.61. The molecule has 6 nitrogen and oxygen atoms in total. The maximum atomic E-state index is 12.8. The maximum absolute atomic E-state index is 12.8. The number of benzene rings is 1. The number of carbonyl (C=O) groups is 1. The number of piperidine rings is 1. The van der Waals surface area contributed by atoms with Crippen molar-refractivity contribution in [3.63, 3.8) is 0 Å². The van der Waals surface area contributed by atoms with Crippen molar-refractivity contribution < 1.29 is 9.53 Å². The SMILES string of the molecule is CN(C)c1ccc(C(=O)N2CCCC(COc3ncc(Br)cn3)C2)cc1. The van der Waals surface area contributed by atoms with Crippen molar-refractivity contribution in [3.05, 3.63) is 46.7 Å². The number of rotatable bonds is 5. The van der Waals surface area contributed by atoms with E-state index in [1.807, 2.05) is 48.2 Å². The minimum atomic E-state index is 0.0832. The first-order valence-electron chi connectivity index (χ1n) is 8.70. The van der Waals surface area contributed by atoms with Crippen LogP contribution in [0.1, 0.15) is 23.2 Å². The first kappa shape index (κ1) is 18.6. The van der Waals surface area contributed by atoms with E-state index in [1.54, 1.807) is 12.4 Å². The lowest BCUT2D eigenvalue weighted by molar-refractivity contribution is 0.0628. The summed E-state index contributed by atoms with van der Waals surface area (Å²) < 4.78 is 6.51. The molecule has 0 saturated carbocycles. The normalized spacial score (nSPS) is 17.0. The van der Waals surface area contributed by atoms with Gasteiger partial charge in [-0.05, 0) is 53.0 Å². The Morgan fingerprint density at radius 2 is 1.96 bits per heavy atom. The van der Waals surface area contributed by atoms with Crippen LogP contribution in [0.25, 0.3) is 0 Å². The summed E-state index contributed by atoms with van der Waals surface area (Å²) in [6, 6.07) is 8.11. The van der Waals surface area contributed by atoms with E-state index in [0.29, 0.717) is 25.1 Å². The molecule has 0 aliphatic carbocycles. The molecule has 7 heteroatoms. The smallest absolute Gasteiger partial charge is 0.316 e. The van der Waals surface area contributed by atoms with Crippen LogP contribution < -0.4 is 9.64 Å². The van der Waals surface area contributed by atoms with Crippen LogP contribution in [-0.2, 0) is 0 Å². The fraction of sp³-hybridized carbons (Fsp3) is 0.421. The van der Waals surface area contributed by atoms with E-state index in [2.05, 4.69) is 25.9 Å². The summed E-state index contributed by atoms with van der Waals surface area (Å²) in [6.45, 7) is 2.01. The van der Waals surface area contributed by atoms with Crippen molar-refractivity contribution in [1.29, 1.82) is 0 Å². The number of halogens is 1. The number of nitrogens with zero attached hydrogens (tertiary/aromatic N) is 4. The van der Waals surface area contributed by atoms with Gasteiger partial charge in [0.05, 0.1) is 11.1 Å². The second-order valence-electron chi connectivity index (χ2n) is 6.70. The van der Waals surface area contributed by atoms with Crippen molar-refractivity contribution in [1.82, 2.24) is 14.9 Å². The van der Waals surface area contributed by atoms with Crippen molar-refractivity contribution in [3.8, 4) is 6.01 Å². The van der Waals surface area contributed by atoms with Crippen LogP contribution >= 0.6 is 15.9 Å². The fourth-order valence-corrected chi connectivity index (χ4v) is 3.24. The lowest BCUT2D eigenvalue weighted by Gasteiger charge is -2.32. The van der Waals surface area contributed by atoms with Crippen LogP contribution in [0.3, 0.4) is 0 Å². The van der Waals surface area contributed by atoms with E-state index in [4.69, 9.17) is 4.74 Å². The molecule has 2 aromatic rings. The molecule has 1 atom stereocenters. The largest absolute Gasteiger partial charge is 0.463 e. The quantitative estimate of drug-likeness (QED) is 0.745. The summed E-state index contributed by atoms with van der Waals surface area (Å²) >= 11 is 3.30. The monoisotopic (exact) mass is 418 g/mol. The van der Waals surface area contributed by atoms with Gasteiger partial charge in [-0.25, -0.2) is 9.97 Å². The zero-order valence-corrected chi connectivity index (χ0v) is 16.6. The molecule has 1 aliphatic heterocycles. The number of anilines is 1. The molecule has 1 aliphatic rings. The minimum absolute atomic E-state index is 0.0832. The van der Waals surface area contributed by atoms with Gasteiger partial charge in [0, 0.05) is 56.7 Å². The van der Waals surface area contributed by atoms with Crippen LogP contribution in [0.5, 0.6) is 6.01 Å². The zero-order valence-electron chi connectivity index (χ0n) is 15.1. The maximum Gasteiger partial charge on any atom is 0.316 e. The highest BCUT2D eigenvalue weighted by molar-refractivity contribution is 9.10. The summed E-state index contributed by atoms with van der Waals surface area (Å²) in [5.41, 5.74) is 1.81. The van der Waals surface area contributed by atoms with E-state index in [1.165, 1.54) is 0 Å². The Hall–Kier alpha value is -2.15. The summed E-state index contributed by atoms with van der Waals surface area (Å²) in [5.74, 6) is 0.376. The molecule has 1 aromatic carbocycles. The Labute approximate surface area is 162 Å². The molecule has 2 heterocycles. The fourth-order valence-electron chi connectivity index (χ4n) is 3.04. The van der Waals surface area contributed by atoms with E-state index >= 15 is 0 Å². The number of hydrogen-bond donors (Lipinski definition) is 0. The molecule has 1 aromatic heterocycles. The Bertz CT molecular complexity index is 734. The third kappa shape index (κ3) is 4.72. The molecule has 1 saturated heterocycles. The Balaban J connectivity index is 1.57. The van der Waals surface area contributed by atoms with Gasteiger partial charge >= 0.3 is 6.01 Å². The first-order chi connectivity index (χ1) is 12.5. The van der Waals surface area contributed by atoms with Crippen molar-refractivity contribution in [2.75, 3.05) is 38.7 Å². The summed E-state index contributed by atoms with van der Waals surface area (Å²) in [5, 5.41) is 0. The Morgan fingerprint density at radius 3 is 2.62 bits per heavy atom. The molecular weight excluding hydrogens is 396 g/mol. The predicted molar refractivity (Wildman–Crippen MR) is 105 cm³/mol. The molecular formula is C19H23BrN4O2. The summed E-state index contributed by atoms with van der Waals surface area (Å²) in [6.07, 6.45) is 5.35. The number of carbonyl (C=O) groups excluding carboxylic acids is 1. The highest BCUT2D eigenvalue weighted by Gasteiger charge is 2.25. The lowest BCUT2D eigenvalue weighted by Crippen LogP contribution is -2.41. The number of hydrogen-bond acceptors (Lipinski definition) is 5. The summed E-state index contributed by atoms with van der Waals surface area (Å²) in [4.78, 5) is 25.0. The van der Waals surface area contributed by atoms with E-state index in [9.17, 15) is 4.79 Å². The molecule has 0 spiro atoms. The molecule has 3 rings (SSSR count). The van der Waals surface area contributed by atoms with E-state index < -0.39 is 0 Å². The Morgan fingerprint density at radius 1 is 1.27 bits per heavy atom. The molecule has 1 amide bonds. The Kier molecular flexibility index (Phi) is 6.08. The van der Waals surface area contributed by atoms with E-state index in [-0.39, 0.29) is 5.91 Å². The molecule has 0 radical (unpaired) electrons. The third-order valence-corrected chi connectivity index (χ3v) is 4.89. The number of ether oxygens (including phenoxy) is 1. The molecule has 26 heavy (non-hydrogen) atoms. The van der Waals surface area contributed by atoms with Gasteiger partial charge in [-0.15, -0.1) is 0 Å². The first-order valence-corrected chi connectivity index (χ1v) is 9.49. The van der Waals surface area contributed by atoms with Gasteiger partial charge in [0.1, 0.15) is 0 Å². The molecule has 1 fully saturated rings. The van der Waals surface area contributed by atoms with Gasteiger partial charge in [0.15, 0.2) is 0 Å². The van der Waals surface area contributed by atoms with Gasteiger partial charge in [0.25, 0.3) is 5.91 Å². The van der Waals surface area contributed by atoms with Crippen LogP contribution in [0, 0.1) is 5.92 Å². The predicted octanol–water partition coefficient (Wildman–Crippen LogP) is 3.24. The van der Waals surface area contributed by atoms with Crippen LogP contribution in [-0.4, -0.2) is 54.6 Å². The number of amides is 1.